The molecule has 2 aromatic carbocycles. The smallest absolute Gasteiger partial charge is 0.253 e. The van der Waals surface area contributed by atoms with Crippen molar-refractivity contribution in [2.45, 2.75) is 13.5 Å². The summed E-state index contributed by atoms with van der Waals surface area (Å²) in [6, 6.07) is 15.3. The maximum Gasteiger partial charge on any atom is 0.253 e. The molecule has 5 heteroatoms. The summed E-state index contributed by atoms with van der Waals surface area (Å²) in [5.41, 5.74) is 3.69. The van der Waals surface area contributed by atoms with E-state index in [1.165, 1.54) is 0 Å². The highest BCUT2D eigenvalue weighted by molar-refractivity contribution is 5.94. The molecule has 0 N–H and O–H groups in total. The highest BCUT2D eigenvalue weighted by atomic mass is 16.5. The van der Waals surface area contributed by atoms with E-state index in [1.54, 1.807) is 26.2 Å². The summed E-state index contributed by atoms with van der Waals surface area (Å²) in [4.78, 5) is 14.6. The van der Waals surface area contributed by atoms with Crippen molar-refractivity contribution in [2.24, 2.45) is 0 Å². The zero-order valence-electron chi connectivity index (χ0n) is 16.1. The number of methoxy groups -OCH3 is 2. The Morgan fingerprint density at radius 1 is 1.04 bits per heavy atom. The number of carbonyl (C=O) groups is 1. The summed E-state index contributed by atoms with van der Waals surface area (Å²) in [5.74, 6) is 1.38. The molecule has 0 spiro atoms. The van der Waals surface area contributed by atoms with E-state index in [-0.39, 0.29) is 5.91 Å². The van der Waals surface area contributed by atoms with Crippen LogP contribution in [0.1, 0.15) is 21.5 Å². The van der Waals surface area contributed by atoms with Crippen LogP contribution in [0.15, 0.2) is 60.9 Å². The van der Waals surface area contributed by atoms with Gasteiger partial charge in [0.15, 0.2) is 0 Å². The molecule has 1 aromatic heterocycles. The van der Waals surface area contributed by atoms with Crippen molar-refractivity contribution in [3.05, 3.63) is 77.6 Å². The lowest BCUT2D eigenvalue weighted by Crippen LogP contribution is -2.26. The van der Waals surface area contributed by atoms with Gasteiger partial charge in [0.25, 0.3) is 5.91 Å². The van der Waals surface area contributed by atoms with Crippen LogP contribution in [0.3, 0.4) is 0 Å². The lowest BCUT2D eigenvalue weighted by Gasteiger charge is -2.20. The number of ether oxygens (including phenoxy) is 2. The third-order valence-corrected chi connectivity index (χ3v) is 4.59. The minimum atomic E-state index is -0.0405. The van der Waals surface area contributed by atoms with Crippen LogP contribution >= 0.6 is 0 Å². The maximum atomic E-state index is 13.0. The Labute approximate surface area is 159 Å². The summed E-state index contributed by atoms with van der Waals surface area (Å²) >= 11 is 0. The zero-order chi connectivity index (χ0) is 19.4. The fourth-order valence-electron chi connectivity index (χ4n) is 3.05. The third-order valence-electron chi connectivity index (χ3n) is 4.59. The molecule has 27 heavy (non-hydrogen) atoms. The molecule has 0 aliphatic heterocycles. The number of nitrogens with zero attached hydrogens (tertiary/aromatic N) is 2. The molecule has 0 radical (unpaired) electrons. The lowest BCUT2D eigenvalue weighted by molar-refractivity contribution is 0.0784. The van der Waals surface area contributed by atoms with Crippen LogP contribution in [0.5, 0.6) is 11.5 Å². The Morgan fingerprint density at radius 3 is 2.44 bits per heavy atom. The van der Waals surface area contributed by atoms with Gasteiger partial charge in [-0.2, -0.15) is 0 Å². The molecule has 0 aliphatic rings. The Morgan fingerprint density at radius 2 is 1.78 bits per heavy atom. The van der Waals surface area contributed by atoms with Gasteiger partial charge in [0.1, 0.15) is 11.5 Å². The number of aromatic nitrogens is 1. The van der Waals surface area contributed by atoms with E-state index in [1.807, 2.05) is 72.4 Å². The summed E-state index contributed by atoms with van der Waals surface area (Å²) in [6.07, 6.45) is 3.95. The van der Waals surface area contributed by atoms with Crippen LogP contribution in [0.4, 0.5) is 0 Å². The standard InChI is InChI=1S/C22H24N2O3/c1-16-7-8-17(13-20(16)24-11-5-6-12-24)22(25)23(2)15-18-9-10-19(26-3)14-21(18)27-4/h5-14H,15H2,1-4H3. The van der Waals surface area contributed by atoms with Gasteiger partial charge in [0.2, 0.25) is 0 Å². The molecular formula is C22H24N2O3. The minimum absolute atomic E-state index is 0.0405. The van der Waals surface area contributed by atoms with Gasteiger partial charge in [-0.1, -0.05) is 6.07 Å². The molecule has 5 nitrogen and oxygen atoms in total. The van der Waals surface area contributed by atoms with Gasteiger partial charge in [0.05, 0.1) is 14.2 Å². The second-order valence-electron chi connectivity index (χ2n) is 6.43. The molecule has 0 aliphatic carbocycles. The fourth-order valence-corrected chi connectivity index (χ4v) is 3.05. The number of carbonyl (C=O) groups excluding carboxylic acids is 1. The van der Waals surface area contributed by atoms with Crippen molar-refractivity contribution >= 4 is 5.91 Å². The number of amides is 1. The van der Waals surface area contributed by atoms with E-state index in [9.17, 15) is 4.79 Å². The van der Waals surface area contributed by atoms with Gasteiger partial charge in [-0.25, -0.2) is 0 Å². The molecule has 1 heterocycles. The van der Waals surface area contributed by atoms with E-state index < -0.39 is 0 Å². The molecule has 0 saturated heterocycles. The number of aryl methyl sites for hydroxylation is 1. The first-order valence-electron chi connectivity index (χ1n) is 8.74. The Kier molecular flexibility index (Phi) is 5.50. The average molecular weight is 364 g/mol. The first kappa shape index (κ1) is 18.6. The molecule has 0 saturated carbocycles. The van der Waals surface area contributed by atoms with E-state index in [2.05, 4.69) is 0 Å². The van der Waals surface area contributed by atoms with Gasteiger partial charge >= 0.3 is 0 Å². The SMILES string of the molecule is COc1ccc(CN(C)C(=O)c2ccc(C)c(-n3cccc3)c2)c(OC)c1. The van der Waals surface area contributed by atoms with E-state index in [0.717, 1.165) is 22.6 Å². The van der Waals surface area contributed by atoms with Gasteiger partial charge in [0, 0.05) is 48.9 Å². The van der Waals surface area contributed by atoms with Crippen LogP contribution in [0.25, 0.3) is 5.69 Å². The van der Waals surface area contributed by atoms with Crippen molar-refractivity contribution < 1.29 is 14.3 Å². The molecular weight excluding hydrogens is 340 g/mol. The monoisotopic (exact) mass is 364 g/mol. The quantitative estimate of drug-likeness (QED) is 0.662. The van der Waals surface area contributed by atoms with Gasteiger partial charge in [-0.05, 0) is 48.9 Å². The molecule has 1 amide bonds. The van der Waals surface area contributed by atoms with E-state index in [4.69, 9.17) is 9.47 Å². The molecule has 0 bridgehead atoms. The third kappa shape index (κ3) is 3.97. The normalized spacial score (nSPS) is 10.5. The average Bonchev–Trinajstić information content (AvgIpc) is 3.22. The summed E-state index contributed by atoms with van der Waals surface area (Å²) in [7, 11) is 5.02. The molecule has 0 unspecified atom stereocenters. The number of hydrogen-bond donors (Lipinski definition) is 0. The number of benzene rings is 2. The summed E-state index contributed by atoms with van der Waals surface area (Å²) in [6.45, 7) is 2.48. The van der Waals surface area contributed by atoms with Crippen LogP contribution in [0, 0.1) is 6.92 Å². The second-order valence-corrected chi connectivity index (χ2v) is 6.43. The van der Waals surface area contributed by atoms with Gasteiger partial charge in [-0.15, -0.1) is 0 Å². The first-order chi connectivity index (χ1) is 13.0. The minimum Gasteiger partial charge on any atom is -0.497 e. The van der Waals surface area contributed by atoms with Crippen LogP contribution in [0.2, 0.25) is 0 Å². The Bertz CT molecular complexity index is 933. The second kappa shape index (κ2) is 7.99. The Hall–Kier alpha value is -3.21. The molecule has 3 aromatic rings. The maximum absolute atomic E-state index is 13.0. The van der Waals surface area contributed by atoms with Crippen LogP contribution in [-0.4, -0.2) is 36.6 Å². The highest BCUT2D eigenvalue weighted by Gasteiger charge is 2.16. The molecule has 0 fully saturated rings. The number of rotatable bonds is 6. The van der Waals surface area contributed by atoms with Crippen molar-refractivity contribution in [1.82, 2.24) is 9.47 Å². The molecule has 3 rings (SSSR count). The van der Waals surface area contributed by atoms with Crippen molar-refractivity contribution in [3.63, 3.8) is 0 Å². The first-order valence-corrected chi connectivity index (χ1v) is 8.74. The molecule has 0 atom stereocenters. The van der Waals surface area contributed by atoms with E-state index >= 15 is 0 Å². The zero-order valence-corrected chi connectivity index (χ0v) is 16.1. The van der Waals surface area contributed by atoms with Crippen molar-refractivity contribution in [1.29, 1.82) is 0 Å². The van der Waals surface area contributed by atoms with Gasteiger partial charge < -0.3 is 18.9 Å². The largest absolute Gasteiger partial charge is 0.497 e. The number of hydrogen-bond acceptors (Lipinski definition) is 3. The summed E-state index contributed by atoms with van der Waals surface area (Å²) in [5, 5.41) is 0. The lowest BCUT2D eigenvalue weighted by atomic mass is 10.1. The topological polar surface area (TPSA) is 43.7 Å². The predicted octanol–water partition coefficient (Wildman–Crippen LogP) is 4.08. The van der Waals surface area contributed by atoms with Crippen LogP contribution in [-0.2, 0) is 6.54 Å². The predicted molar refractivity (Wildman–Crippen MR) is 106 cm³/mol. The highest BCUT2D eigenvalue weighted by Crippen LogP contribution is 2.26. The Balaban J connectivity index is 1.83. The van der Waals surface area contributed by atoms with Gasteiger partial charge in [-0.3, -0.25) is 4.79 Å². The fraction of sp³-hybridized carbons (Fsp3) is 0.227. The van der Waals surface area contributed by atoms with E-state index in [0.29, 0.717) is 17.9 Å². The summed E-state index contributed by atoms with van der Waals surface area (Å²) < 4.78 is 12.7. The van der Waals surface area contributed by atoms with Crippen molar-refractivity contribution in [2.75, 3.05) is 21.3 Å². The van der Waals surface area contributed by atoms with Crippen molar-refractivity contribution in [3.8, 4) is 17.2 Å². The molecule has 140 valence electrons. The van der Waals surface area contributed by atoms with Crippen LogP contribution < -0.4 is 9.47 Å².